The molecule has 1 amide bonds. The van der Waals surface area contributed by atoms with E-state index in [1.54, 1.807) is 0 Å². The lowest BCUT2D eigenvalue weighted by atomic mass is 9.90. The van der Waals surface area contributed by atoms with E-state index < -0.39 is 6.09 Å². The van der Waals surface area contributed by atoms with Gasteiger partial charge in [-0.1, -0.05) is 30.3 Å². The molecule has 1 aliphatic carbocycles. The van der Waals surface area contributed by atoms with Gasteiger partial charge in [0.1, 0.15) is 6.61 Å². The van der Waals surface area contributed by atoms with Gasteiger partial charge in [0.2, 0.25) is 0 Å². The van der Waals surface area contributed by atoms with E-state index in [4.69, 9.17) is 9.84 Å². The van der Waals surface area contributed by atoms with Crippen molar-refractivity contribution in [2.75, 3.05) is 0 Å². The number of rotatable bonds is 3. The second-order valence-corrected chi connectivity index (χ2v) is 4.03. The summed E-state index contributed by atoms with van der Waals surface area (Å²) < 4.78 is 5.04. The molecule has 0 saturated heterocycles. The van der Waals surface area contributed by atoms with Gasteiger partial charge in [-0.2, -0.15) is 0 Å². The first kappa shape index (κ1) is 11.0. The van der Waals surface area contributed by atoms with Crippen LogP contribution in [0.15, 0.2) is 30.3 Å². The Morgan fingerprint density at radius 2 is 2.06 bits per heavy atom. The van der Waals surface area contributed by atoms with Crippen molar-refractivity contribution in [2.24, 2.45) is 0 Å². The molecule has 2 rings (SSSR count). The molecule has 0 atom stereocenters. The molecule has 16 heavy (non-hydrogen) atoms. The zero-order chi connectivity index (χ0) is 11.4. The van der Waals surface area contributed by atoms with Gasteiger partial charge in [-0.25, -0.2) is 4.79 Å². The Bertz CT molecular complexity index is 347. The Morgan fingerprint density at radius 1 is 1.38 bits per heavy atom. The van der Waals surface area contributed by atoms with Crippen LogP contribution in [0.2, 0.25) is 0 Å². The standard InChI is InChI=1S/C12H15NO3/c14-11-6-10(7-11)13-12(15)16-8-9-4-2-1-3-5-9/h1-5,10-11,14H,6-8H2,(H,13,15)/t10-,11-. The number of alkyl carbamates (subject to hydrolysis) is 1. The molecular weight excluding hydrogens is 206 g/mol. The number of hydrogen-bond donors (Lipinski definition) is 2. The SMILES string of the molecule is O=C(N[C@H]1C[C@H](O)C1)OCc1ccccc1. The molecule has 1 aromatic rings. The predicted octanol–water partition coefficient (Wildman–Crippen LogP) is 1.44. The van der Waals surface area contributed by atoms with Crippen molar-refractivity contribution < 1.29 is 14.6 Å². The normalized spacial score (nSPS) is 23.3. The van der Waals surface area contributed by atoms with Crippen LogP contribution in [0, 0.1) is 0 Å². The summed E-state index contributed by atoms with van der Waals surface area (Å²) in [6.07, 6.45) is 0.570. The number of ether oxygens (including phenoxy) is 1. The predicted molar refractivity (Wildman–Crippen MR) is 58.8 cm³/mol. The van der Waals surface area contributed by atoms with E-state index >= 15 is 0 Å². The highest BCUT2D eigenvalue weighted by Gasteiger charge is 2.28. The maximum atomic E-state index is 11.3. The molecule has 1 fully saturated rings. The Kier molecular flexibility index (Phi) is 3.41. The van der Waals surface area contributed by atoms with E-state index in [0.717, 1.165) is 5.56 Å². The summed E-state index contributed by atoms with van der Waals surface area (Å²) in [5.74, 6) is 0. The molecule has 4 heteroatoms. The first-order valence-corrected chi connectivity index (χ1v) is 5.39. The topological polar surface area (TPSA) is 58.6 Å². The van der Waals surface area contributed by atoms with Gasteiger partial charge in [0, 0.05) is 6.04 Å². The number of carbonyl (C=O) groups excluding carboxylic acids is 1. The van der Waals surface area contributed by atoms with Crippen molar-refractivity contribution in [3.8, 4) is 0 Å². The third kappa shape index (κ3) is 2.97. The summed E-state index contributed by atoms with van der Waals surface area (Å²) in [7, 11) is 0. The molecule has 1 saturated carbocycles. The summed E-state index contributed by atoms with van der Waals surface area (Å²) in [6, 6.07) is 9.59. The second-order valence-electron chi connectivity index (χ2n) is 4.03. The van der Waals surface area contributed by atoms with Gasteiger partial charge >= 0.3 is 6.09 Å². The number of hydrogen-bond acceptors (Lipinski definition) is 3. The monoisotopic (exact) mass is 221 g/mol. The van der Waals surface area contributed by atoms with Gasteiger partial charge in [-0.05, 0) is 18.4 Å². The van der Waals surface area contributed by atoms with Crippen LogP contribution in [0.1, 0.15) is 18.4 Å². The van der Waals surface area contributed by atoms with Gasteiger partial charge in [0.25, 0.3) is 0 Å². The first-order valence-electron chi connectivity index (χ1n) is 5.39. The van der Waals surface area contributed by atoms with Crippen LogP contribution in [0.4, 0.5) is 4.79 Å². The molecule has 0 radical (unpaired) electrons. The molecule has 2 N–H and O–H groups in total. The van der Waals surface area contributed by atoms with Crippen LogP contribution < -0.4 is 5.32 Å². The third-order valence-corrected chi connectivity index (χ3v) is 2.65. The number of aliphatic hydroxyl groups is 1. The number of benzene rings is 1. The lowest BCUT2D eigenvalue weighted by molar-refractivity contribution is 0.0568. The summed E-state index contributed by atoms with van der Waals surface area (Å²) in [5.41, 5.74) is 0.964. The Hall–Kier alpha value is -1.55. The van der Waals surface area contributed by atoms with E-state index in [-0.39, 0.29) is 18.8 Å². The van der Waals surface area contributed by atoms with Crippen molar-refractivity contribution in [3.63, 3.8) is 0 Å². The van der Waals surface area contributed by atoms with E-state index in [9.17, 15) is 4.79 Å². The molecule has 0 aliphatic heterocycles. The smallest absolute Gasteiger partial charge is 0.407 e. The fourth-order valence-electron chi connectivity index (χ4n) is 1.64. The van der Waals surface area contributed by atoms with Crippen molar-refractivity contribution in [2.45, 2.75) is 31.6 Å². The fourth-order valence-corrected chi connectivity index (χ4v) is 1.64. The Morgan fingerprint density at radius 3 is 2.69 bits per heavy atom. The minimum absolute atomic E-state index is 0.0678. The molecule has 1 aliphatic rings. The van der Waals surface area contributed by atoms with Gasteiger partial charge in [-0.3, -0.25) is 0 Å². The number of carbonyl (C=O) groups is 1. The Labute approximate surface area is 94.2 Å². The molecule has 0 spiro atoms. The zero-order valence-corrected chi connectivity index (χ0v) is 8.93. The average molecular weight is 221 g/mol. The quantitative estimate of drug-likeness (QED) is 0.811. The summed E-state index contributed by atoms with van der Waals surface area (Å²) in [4.78, 5) is 11.3. The van der Waals surface area contributed by atoms with Crippen molar-refractivity contribution in [1.82, 2.24) is 5.32 Å². The van der Waals surface area contributed by atoms with E-state index in [1.165, 1.54) is 0 Å². The second kappa shape index (κ2) is 4.99. The molecule has 4 nitrogen and oxygen atoms in total. The number of nitrogens with one attached hydrogen (secondary N) is 1. The minimum Gasteiger partial charge on any atom is -0.445 e. The molecule has 0 unspecified atom stereocenters. The third-order valence-electron chi connectivity index (χ3n) is 2.65. The summed E-state index contributed by atoms with van der Waals surface area (Å²) in [6.45, 7) is 0.280. The molecular formula is C12H15NO3. The fraction of sp³-hybridized carbons (Fsp3) is 0.417. The van der Waals surface area contributed by atoms with Gasteiger partial charge in [0.05, 0.1) is 6.10 Å². The van der Waals surface area contributed by atoms with Gasteiger partial charge in [-0.15, -0.1) is 0 Å². The molecule has 1 aromatic carbocycles. The highest BCUT2D eigenvalue weighted by molar-refractivity contribution is 5.67. The largest absolute Gasteiger partial charge is 0.445 e. The highest BCUT2D eigenvalue weighted by atomic mass is 16.5. The van der Waals surface area contributed by atoms with Crippen LogP contribution in [0.5, 0.6) is 0 Å². The first-order chi connectivity index (χ1) is 7.74. The number of aliphatic hydroxyl groups excluding tert-OH is 1. The highest BCUT2D eigenvalue weighted by Crippen LogP contribution is 2.19. The van der Waals surface area contributed by atoms with Crippen LogP contribution in [-0.2, 0) is 11.3 Å². The van der Waals surface area contributed by atoms with Crippen molar-refractivity contribution in [1.29, 1.82) is 0 Å². The van der Waals surface area contributed by atoms with Crippen molar-refractivity contribution >= 4 is 6.09 Å². The molecule has 0 bridgehead atoms. The summed E-state index contributed by atoms with van der Waals surface area (Å²) >= 11 is 0. The van der Waals surface area contributed by atoms with Crippen LogP contribution in [0.25, 0.3) is 0 Å². The molecule has 0 heterocycles. The Balaban J connectivity index is 1.68. The van der Waals surface area contributed by atoms with Gasteiger partial charge in [0.15, 0.2) is 0 Å². The average Bonchev–Trinajstić information content (AvgIpc) is 2.26. The minimum atomic E-state index is -0.416. The van der Waals surface area contributed by atoms with Crippen LogP contribution in [0.3, 0.4) is 0 Å². The summed E-state index contributed by atoms with van der Waals surface area (Å²) in [5, 5.41) is 11.7. The van der Waals surface area contributed by atoms with Crippen LogP contribution in [-0.4, -0.2) is 23.3 Å². The van der Waals surface area contributed by atoms with E-state index in [2.05, 4.69) is 5.32 Å². The lowest BCUT2D eigenvalue weighted by Crippen LogP contribution is -2.46. The van der Waals surface area contributed by atoms with Crippen LogP contribution >= 0.6 is 0 Å². The lowest BCUT2D eigenvalue weighted by Gasteiger charge is -2.31. The molecule has 86 valence electrons. The van der Waals surface area contributed by atoms with Gasteiger partial charge < -0.3 is 15.2 Å². The van der Waals surface area contributed by atoms with E-state index in [1.807, 2.05) is 30.3 Å². The maximum Gasteiger partial charge on any atom is 0.407 e. The molecule has 0 aromatic heterocycles. The van der Waals surface area contributed by atoms with Crippen molar-refractivity contribution in [3.05, 3.63) is 35.9 Å². The maximum absolute atomic E-state index is 11.3. The van der Waals surface area contributed by atoms with E-state index in [0.29, 0.717) is 12.8 Å². The zero-order valence-electron chi connectivity index (χ0n) is 8.93. The number of amides is 1.